The van der Waals surface area contributed by atoms with Crippen LogP contribution in [0.1, 0.15) is 61.0 Å². The van der Waals surface area contributed by atoms with Crippen molar-refractivity contribution in [2.45, 2.75) is 52.1 Å². The van der Waals surface area contributed by atoms with Crippen molar-refractivity contribution in [1.82, 2.24) is 0 Å². The highest BCUT2D eigenvalue weighted by molar-refractivity contribution is 6.01. The van der Waals surface area contributed by atoms with Crippen LogP contribution in [0.25, 0.3) is 0 Å². The van der Waals surface area contributed by atoms with Crippen LogP contribution in [0.5, 0.6) is 0 Å². The van der Waals surface area contributed by atoms with Gasteiger partial charge in [-0.3, -0.25) is 9.59 Å². The molecule has 0 aliphatic heterocycles. The van der Waals surface area contributed by atoms with E-state index in [9.17, 15) is 14.0 Å². The average molecular weight is 356 g/mol. The number of halogens is 1. The largest absolute Gasteiger partial charge is 0.460 e. The van der Waals surface area contributed by atoms with Gasteiger partial charge in [-0.05, 0) is 57.4 Å². The Kier molecular flexibility index (Phi) is 6.30. The van der Waals surface area contributed by atoms with E-state index in [2.05, 4.69) is 0 Å². The Morgan fingerprint density at radius 2 is 1.73 bits per heavy atom. The summed E-state index contributed by atoms with van der Waals surface area (Å²) in [5.41, 5.74) is 0.991. The summed E-state index contributed by atoms with van der Waals surface area (Å²) in [5, 5.41) is 0. The molecule has 0 amide bonds. The zero-order valence-corrected chi connectivity index (χ0v) is 15.7. The highest BCUT2D eigenvalue weighted by Gasteiger charge is 2.26. The van der Waals surface area contributed by atoms with Crippen LogP contribution in [-0.2, 0) is 9.53 Å². The molecule has 0 aliphatic rings. The minimum Gasteiger partial charge on any atom is -0.460 e. The lowest BCUT2D eigenvalue weighted by Gasteiger charge is -2.21. The number of rotatable bonds is 6. The van der Waals surface area contributed by atoms with Gasteiger partial charge in [0, 0.05) is 12.3 Å². The van der Waals surface area contributed by atoms with Gasteiger partial charge < -0.3 is 4.74 Å². The van der Waals surface area contributed by atoms with E-state index in [0.717, 1.165) is 11.1 Å². The van der Waals surface area contributed by atoms with E-state index in [-0.39, 0.29) is 30.2 Å². The summed E-state index contributed by atoms with van der Waals surface area (Å²) < 4.78 is 19.6. The molecule has 0 radical (unpaired) electrons. The molecule has 0 saturated heterocycles. The van der Waals surface area contributed by atoms with Gasteiger partial charge in [-0.15, -0.1) is 0 Å². The summed E-state index contributed by atoms with van der Waals surface area (Å²) in [5.74, 6) is -1.82. The second-order valence-electron chi connectivity index (χ2n) is 7.44. The molecule has 0 fully saturated rings. The van der Waals surface area contributed by atoms with Crippen molar-refractivity contribution in [3.8, 4) is 0 Å². The van der Waals surface area contributed by atoms with Crippen molar-refractivity contribution in [1.29, 1.82) is 0 Å². The van der Waals surface area contributed by atoms with E-state index in [1.54, 1.807) is 33.8 Å². The first-order chi connectivity index (χ1) is 12.2. The van der Waals surface area contributed by atoms with Crippen molar-refractivity contribution in [3.63, 3.8) is 0 Å². The first-order valence-electron chi connectivity index (χ1n) is 8.74. The van der Waals surface area contributed by atoms with Gasteiger partial charge in [0.25, 0.3) is 0 Å². The number of Topliss-reactive ketones (excluding diaryl/α,β-unsaturated/α-hetero) is 1. The van der Waals surface area contributed by atoms with Gasteiger partial charge in [0.2, 0.25) is 0 Å². The van der Waals surface area contributed by atoms with Gasteiger partial charge in [0.05, 0.1) is 5.56 Å². The van der Waals surface area contributed by atoms with Crippen LogP contribution < -0.4 is 0 Å². The fourth-order valence-electron chi connectivity index (χ4n) is 2.80. The minimum atomic E-state index is -0.596. The smallest absolute Gasteiger partial charge is 0.306 e. The quantitative estimate of drug-likeness (QED) is 0.526. The summed E-state index contributed by atoms with van der Waals surface area (Å²) in [6, 6.07) is 13.7. The third-order valence-corrected chi connectivity index (χ3v) is 3.97. The van der Waals surface area contributed by atoms with E-state index in [1.807, 2.05) is 30.3 Å². The summed E-state index contributed by atoms with van der Waals surface area (Å²) in [4.78, 5) is 25.0. The fourth-order valence-corrected chi connectivity index (χ4v) is 2.80. The Morgan fingerprint density at radius 3 is 2.31 bits per heavy atom. The average Bonchev–Trinajstić information content (AvgIpc) is 2.54. The summed E-state index contributed by atoms with van der Waals surface area (Å²) in [6.45, 7) is 7.17. The molecule has 0 N–H and O–H groups in total. The molecule has 0 saturated carbocycles. The van der Waals surface area contributed by atoms with Crippen molar-refractivity contribution < 1.29 is 18.7 Å². The predicted molar refractivity (Wildman–Crippen MR) is 99.7 cm³/mol. The number of benzene rings is 2. The van der Waals surface area contributed by atoms with Crippen LogP contribution in [0.2, 0.25) is 0 Å². The van der Waals surface area contributed by atoms with Crippen molar-refractivity contribution in [3.05, 3.63) is 71.0 Å². The lowest BCUT2D eigenvalue weighted by atomic mass is 9.86. The third kappa shape index (κ3) is 5.51. The number of hydrogen-bond acceptors (Lipinski definition) is 3. The van der Waals surface area contributed by atoms with Crippen LogP contribution in [0.15, 0.2) is 48.5 Å². The number of hydrogen-bond donors (Lipinski definition) is 0. The molecule has 4 heteroatoms. The Balaban J connectivity index is 2.24. The molecule has 1 unspecified atom stereocenters. The van der Waals surface area contributed by atoms with Crippen LogP contribution in [0.3, 0.4) is 0 Å². The van der Waals surface area contributed by atoms with Crippen molar-refractivity contribution in [2.24, 2.45) is 0 Å². The highest BCUT2D eigenvalue weighted by atomic mass is 19.1. The Hall–Kier alpha value is -2.49. The molecule has 138 valence electrons. The fraction of sp³-hybridized carbons (Fsp3) is 0.364. The molecule has 0 heterocycles. The molecule has 0 bridgehead atoms. The van der Waals surface area contributed by atoms with E-state index in [1.165, 1.54) is 12.1 Å². The maximum Gasteiger partial charge on any atom is 0.306 e. The van der Waals surface area contributed by atoms with E-state index >= 15 is 0 Å². The van der Waals surface area contributed by atoms with Crippen LogP contribution in [-0.4, -0.2) is 17.4 Å². The van der Waals surface area contributed by atoms with Gasteiger partial charge >= 0.3 is 5.97 Å². The second kappa shape index (κ2) is 8.26. The highest BCUT2D eigenvalue weighted by Crippen LogP contribution is 2.28. The Bertz CT molecular complexity index is 776. The number of ether oxygens (including phenoxy) is 1. The van der Waals surface area contributed by atoms with Gasteiger partial charge in [-0.25, -0.2) is 4.39 Å². The monoisotopic (exact) mass is 356 g/mol. The Labute approximate surface area is 154 Å². The normalized spacial score (nSPS) is 12.5. The maximum atomic E-state index is 14.3. The van der Waals surface area contributed by atoms with Crippen LogP contribution in [0.4, 0.5) is 4.39 Å². The first kappa shape index (κ1) is 19.8. The molecule has 2 aromatic carbocycles. The lowest BCUT2D eigenvalue weighted by molar-refractivity contribution is -0.154. The molecular weight excluding hydrogens is 331 g/mol. The van der Waals surface area contributed by atoms with Crippen molar-refractivity contribution >= 4 is 11.8 Å². The number of carbonyl (C=O) groups excluding carboxylic acids is 2. The zero-order valence-electron chi connectivity index (χ0n) is 15.7. The summed E-state index contributed by atoms with van der Waals surface area (Å²) >= 11 is 0. The van der Waals surface area contributed by atoms with Gasteiger partial charge in [-0.1, -0.05) is 36.4 Å². The molecule has 0 aliphatic carbocycles. The third-order valence-electron chi connectivity index (χ3n) is 3.97. The second-order valence-corrected chi connectivity index (χ2v) is 7.44. The molecule has 3 nitrogen and oxygen atoms in total. The molecule has 2 aromatic rings. The molecule has 26 heavy (non-hydrogen) atoms. The van der Waals surface area contributed by atoms with Crippen LogP contribution in [0, 0.1) is 12.7 Å². The summed E-state index contributed by atoms with van der Waals surface area (Å²) in [6.07, 6.45) is 0.362. The Morgan fingerprint density at radius 1 is 1.08 bits per heavy atom. The first-order valence-corrected chi connectivity index (χ1v) is 8.74. The lowest BCUT2D eigenvalue weighted by Crippen LogP contribution is -2.24. The topological polar surface area (TPSA) is 43.4 Å². The molecule has 0 aromatic heterocycles. The predicted octanol–water partition coefficient (Wildman–Crippen LogP) is 5.22. The van der Waals surface area contributed by atoms with E-state index < -0.39 is 17.3 Å². The SMILES string of the molecule is Cc1ccc(C(=O)C(CCC(=O)OC(C)(C)C)c2ccccc2)c(F)c1. The molecular formula is C22H25FO3. The summed E-state index contributed by atoms with van der Waals surface area (Å²) in [7, 11) is 0. The zero-order chi connectivity index (χ0) is 19.3. The molecule has 0 spiro atoms. The maximum absolute atomic E-state index is 14.3. The molecule has 1 atom stereocenters. The number of carbonyl (C=O) groups is 2. The van der Waals surface area contributed by atoms with Gasteiger partial charge in [0.15, 0.2) is 5.78 Å². The van der Waals surface area contributed by atoms with Gasteiger partial charge in [-0.2, -0.15) is 0 Å². The standard InChI is InChI=1S/C22H25FO3/c1-15-10-11-18(19(23)14-15)21(25)17(16-8-6-5-7-9-16)12-13-20(24)26-22(2,3)4/h5-11,14,17H,12-13H2,1-4H3. The number of esters is 1. The minimum absolute atomic E-state index is 0.0497. The van der Waals surface area contributed by atoms with Crippen molar-refractivity contribution in [2.75, 3.05) is 0 Å². The molecule has 2 rings (SSSR count). The number of aryl methyl sites for hydroxylation is 1. The van der Waals surface area contributed by atoms with Crippen LogP contribution >= 0.6 is 0 Å². The number of ketones is 1. The van der Waals surface area contributed by atoms with E-state index in [0.29, 0.717) is 0 Å². The van der Waals surface area contributed by atoms with Gasteiger partial charge in [0.1, 0.15) is 11.4 Å². The van der Waals surface area contributed by atoms with E-state index in [4.69, 9.17) is 4.74 Å².